The minimum absolute atomic E-state index is 0.133. The molecule has 7 heteroatoms. The van der Waals surface area contributed by atoms with Crippen LogP contribution in [0.2, 0.25) is 0 Å². The van der Waals surface area contributed by atoms with E-state index in [4.69, 9.17) is 9.47 Å². The molecule has 0 spiro atoms. The molecule has 0 saturated carbocycles. The minimum atomic E-state index is -0.682. The Morgan fingerprint density at radius 2 is 2.04 bits per heavy atom. The van der Waals surface area contributed by atoms with Gasteiger partial charge in [-0.25, -0.2) is 4.39 Å². The first-order chi connectivity index (χ1) is 12.4. The van der Waals surface area contributed by atoms with Gasteiger partial charge in [0.2, 0.25) is 5.91 Å². The van der Waals surface area contributed by atoms with Gasteiger partial charge in [-0.15, -0.1) is 0 Å². The van der Waals surface area contributed by atoms with Gasteiger partial charge in [0.1, 0.15) is 18.0 Å². The normalized spacial score (nSPS) is 30.6. The predicted molar refractivity (Wildman–Crippen MR) is 93.9 cm³/mol. The summed E-state index contributed by atoms with van der Waals surface area (Å²) in [6.45, 7) is 5.01. The monoisotopic (exact) mass is 366 g/mol. The number of carbonyl (C=O) groups excluding carboxylic acids is 1. The Kier molecular flexibility index (Phi) is 6.24. The van der Waals surface area contributed by atoms with Gasteiger partial charge >= 0.3 is 0 Å². The summed E-state index contributed by atoms with van der Waals surface area (Å²) in [6, 6.07) is 6.34. The fourth-order valence-electron chi connectivity index (χ4n) is 3.44. The molecule has 0 bridgehead atoms. The van der Waals surface area contributed by atoms with Crippen LogP contribution in [0.5, 0.6) is 0 Å². The van der Waals surface area contributed by atoms with Crippen LogP contribution in [-0.4, -0.2) is 54.1 Å². The zero-order chi connectivity index (χ0) is 18.7. The minimum Gasteiger partial charge on any atom is -0.388 e. The SMILES string of the molecule is CC(C)NC[C@H]1O[C@@H]2C[C@@H](CC(=O)NCc3ccc(F)cc3)O[C@@H]2[C@@H]1O. The summed E-state index contributed by atoms with van der Waals surface area (Å²) in [5, 5.41) is 16.4. The number of aliphatic hydroxyl groups excluding tert-OH is 1. The van der Waals surface area contributed by atoms with Crippen LogP contribution < -0.4 is 10.6 Å². The summed E-state index contributed by atoms with van der Waals surface area (Å²) in [4.78, 5) is 12.1. The number of benzene rings is 1. The quantitative estimate of drug-likeness (QED) is 0.674. The Bertz CT molecular complexity index is 610. The average Bonchev–Trinajstić information content (AvgIpc) is 3.11. The summed E-state index contributed by atoms with van der Waals surface area (Å²) in [7, 11) is 0. The Balaban J connectivity index is 1.41. The number of carbonyl (C=O) groups is 1. The maximum absolute atomic E-state index is 12.9. The van der Waals surface area contributed by atoms with Crippen molar-refractivity contribution >= 4 is 5.91 Å². The van der Waals surface area contributed by atoms with E-state index in [1.807, 2.05) is 13.8 Å². The number of halogens is 1. The van der Waals surface area contributed by atoms with Gasteiger partial charge in [0.25, 0.3) is 0 Å². The maximum Gasteiger partial charge on any atom is 0.222 e. The lowest BCUT2D eigenvalue weighted by atomic mass is 10.1. The van der Waals surface area contributed by atoms with Gasteiger partial charge in [-0.2, -0.15) is 0 Å². The second-order valence-electron chi connectivity index (χ2n) is 7.33. The first-order valence-electron chi connectivity index (χ1n) is 9.16. The number of ether oxygens (including phenoxy) is 2. The lowest BCUT2D eigenvalue weighted by Gasteiger charge is -2.21. The summed E-state index contributed by atoms with van der Waals surface area (Å²) < 4.78 is 24.6. The van der Waals surface area contributed by atoms with E-state index in [0.717, 1.165) is 5.56 Å². The Labute approximate surface area is 153 Å². The fraction of sp³-hybridized carbons (Fsp3) is 0.632. The van der Waals surface area contributed by atoms with E-state index < -0.39 is 6.10 Å². The predicted octanol–water partition coefficient (Wildman–Crippen LogP) is 1.12. The average molecular weight is 366 g/mol. The zero-order valence-electron chi connectivity index (χ0n) is 15.2. The fourth-order valence-corrected chi connectivity index (χ4v) is 3.44. The van der Waals surface area contributed by atoms with E-state index in [0.29, 0.717) is 25.6 Å². The lowest BCUT2D eigenvalue weighted by Crippen LogP contribution is -2.40. The van der Waals surface area contributed by atoms with Crippen molar-refractivity contribution in [2.75, 3.05) is 6.54 Å². The number of hydrogen-bond acceptors (Lipinski definition) is 5. The van der Waals surface area contributed by atoms with Gasteiger partial charge < -0.3 is 25.2 Å². The van der Waals surface area contributed by atoms with Gasteiger partial charge in [0, 0.05) is 25.6 Å². The summed E-state index contributed by atoms with van der Waals surface area (Å²) in [6.07, 6.45) is -0.933. The van der Waals surface area contributed by atoms with Gasteiger partial charge in [-0.1, -0.05) is 26.0 Å². The number of hydrogen-bond donors (Lipinski definition) is 3. The van der Waals surface area contributed by atoms with Crippen LogP contribution in [-0.2, 0) is 20.8 Å². The number of aliphatic hydroxyl groups is 1. The van der Waals surface area contributed by atoms with Crippen LogP contribution in [0.4, 0.5) is 4.39 Å². The molecule has 144 valence electrons. The maximum atomic E-state index is 12.9. The molecule has 2 aliphatic rings. The van der Waals surface area contributed by atoms with E-state index in [2.05, 4.69) is 10.6 Å². The molecule has 1 aromatic carbocycles. The van der Waals surface area contributed by atoms with Crippen LogP contribution in [0.1, 0.15) is 32.3 Å². The highest BCUT2D eigenvalue weighted by Gasteiger charge is 2.50. The molecule has 3 N–H and O–H groups in total. The van der Waals surface area contributed by atoms with E-state index in [9.17, 15) is 14.3 Å². The van der Waals surface area contributed by atoms with Crippen LogP contribution in [0.15, 0.2) is 24.3 Å². The van der Waals surface area contributed by atoms with Gasteiger partial charge in [-0.3, -0.25) is 4.79 Å². The molecule has 0 radical (unpaired) electrons. The van der Waals surface area contributed by atoms with Crippen molar-refractivity contribution < 1.29 is 23.8 Å². The highest BCUT2D eigenvalue weighted by Crippen LogP contribution is 2.35. The number of fused-ring (bicyclic) bond motifs is 1. The van der Waals surface area contributed by atoms with E-state index in [-0.39, 0.29) is 42.6 Å². The summed E-state index contributed by atoms with van der Waals surface area (Å²) >= 11 is 0. The molecule has 2 saturated heterocycles. The van der Waals surface area contributed by atoms with Gasteiger partial charge in [0.05, 0.1) is 24.7 Å². The molecule has 0 unspecified atom stereocenters. The van der Waals surface area contributed by atoms with Crippen molar-refractivity contribution in [3.05, 3.63) is 35.6 Å². The number of amides is 1. The highest BCUT2D eigenvalue weighted by molar-refractivity contribution is 5.76. The molecular formula is C19H27FN2O4. The van der Waals surface area contributed by atoms with Gasteiger partial charge in [-0.05, 0) is 17.7 Å². The molecule has 0 aliphatic carbocycles. The highest BCUT2D eigenvalue weighted by atomic mass is 19.1. The third kappa shape index (κ3) is 4.79. The van der Waals surface area contributed by atoms with Crippen LogP contribution in [0.25, 0.3) is 0 Å². The lowest BCUT2D eigenvalue weighted by molar-refractivity contribution is -0.124. The van der Waals surface area contributed by atoms with E-state index >= 15 is 0 Å². The Hall–Kier alpha value is -1.54. The topological polar surface area (TPSA) is 79.8 Å². The molecule has 2 aliphatic heterocycles. The molecule has 0 aromatic heterocycles. The molecule has 5 atom stereocenters. The van der Waals surface area contributed by atoms with Crippen LogP contribution >= 0.6 is 0 Å². The van der Waals surface area contributed by atoms with Crippen molar-refractivity contribution in [1.82, 2.24) is 10.6 Å². The van der Waals surface area contributed by atoms with Crippen LogP contribution in [0, 0.1) is 5.82 Å². The van der Waals surface area contributed by atoms with Crippen molar-refractivity contribution in [3.8, 4) is 0 Å². The second kappa shape index (κ2) is 8.43. The Morgan fingerprint density at radius 1 is 1.31 bits per heavy atom. The van der Waals surface area contributed by atoms with Crippen molar-refractivity contribution in [2.24, 2.45) is 0 Å². The Morgan fingerprint density at radius 3 is 2.69 bits per heavy atom. The molecule has 1 aromatic rings. The second-order valence-corrected chi connectivity index (χ2v) is 7.33. The summed E-state index contributed by atoms with van der Waals surface area (Å²) in [5.41, 5.74) is 0.836. The molecule has 2 fully saturated rings. The molecule has 2 heterocycles. The molecule has 1 amide bonds. The molecular weight excluding hydrogens is 339 g/mol. The van der Waals surface area contributed by atoms with E-state index in [1.54, 1.807) is 12.1 Å². The largest absolute Gasteiger partial charge is 0.388 e. The van der Waals surface area contributed by atoms with Crippen molar-refractivity contribution in [3.63, 3.8) is 0 Å². The molecule has 3 rings (SSSR count). The standard InChI is InChI=1S/C19H27FN2O4/c1-11(2)21-10-16-18(24)19-15(26-16)7-14(25-19)8-17(23)22-9-12-3-5-13(20)6-4-12/h3-6,11,14-16,18-19,21,24H,7-10H2,1-2H3,(H,22,23)/t14-,15+,16+,18+,19-/m0/s1. The van der Waals surface area contributed by atoms with Crippen molar-refractivity contribution in [2.45, 2.75) is 69.8 Å². The zero-order valence-corrected chi connectivity index (χ0v) is 15.2. The van der Waals surface area contributed by atoms with Crippen molar-refractivity contribution in [1.29, 1.82) is 0 Å². The third-order valence-electron chi connectivity index (χ3n) is 4.82. The molecule has 6 nitrogen and oxygen atoms in total. The smallest absolute Gasteiger partial charge is 0.222 e. The number of rotatable bonds is 7. The van der Waals surface area contributed by atoms with E-state index in [1.165, 1.54) is 12.1 Å². The van der Waals surface area contributed by atoms with Crippen LogP contribution in [0.3, 0.4) is 0 Å². The summed E-state index contributed by atoms with van der Waals surface area (Å²) in [5.74, 6) is -0.432. The third-order valence-corrected chi connectivity index (χ3v) is 4.82. The van der Waals surface area contributed by atoms with Gasteiger partial charge in [0.15, 0.2) is 0 Å². The first-order valence-corrected chi connectivity index (χ1v) is 9.16. The molecule has 26 heavy (non-hydrogen) atoms. The first kappa shape index (κ1) is 19.2. The number of nitrogens with one attached hydrogen (secondary N) is 2.